The number of benzene rings is 1. The lowest BCUT2D eigenvalue weighted by Gasteiger charge is -2.33. The number of ether oxygens (including phenoxy) is 1. The molecule has 0 spiro atoms. The highest BCUT2D eigenvalue weighted by molar-refractivity contribution is 7.89. The molecule has 2 aromatic rings. The van der Waals surface area contributed by atoms with Gasteiger partial charge in [-0.1, -0.05) is 23.2 Å². The van der Waals surface area contributed by atoms with Gasteiger partial charge < -0.3 is 9.64 Å². The van der Waals surface area contributed by atoms with Crippen LogP contribution in [0.15, 0.2) is 35.2 Å². The molecule has 1 fully saturated rings. The number of anilines is 1. The van der Waals surface area contributed by atoms with Crippen LogP contribution in [0.3, 0.4) is 0 Å². The summed E-state index contributed by atoms with van der Waals surface area (Å²) in [4.78, 5) is 2.29. The molecule has 9 heteroatoms. The molecule has 1 N–H and O–H groups in total. The van der Waals surface area contributed by atoms with Gasteiger partial charge in [0.05, 0.1) is 11.4 Å². The second kappa shape index (κ2) is 7.72. The fraction of sp³-hybridized carbons (Fsp3) is 0.375. The molecule has 2 heterocycles. The summed E-state index contributed by atoms with van der Waals surface area (Å²) in [5.74, 6) is 0.817. The van der Waals surface area contributed by atoms with E-state index in [1.165, 1.54) is 6.07 Å². The quantitative estimate of drug-likeness (QED) is 0.793. The van der Waals surface area contributed by atoms with Gasteiger partial charge in [-0.25, -0.2) is 13.1 Å². The van der Waals surface area contributed by atoms with Crippen molar-refractivity contribution in [3.8, 4) is 5.75 Å². The van der Waals surface area contributed by atoms with Gasteiger partial charge in [0.25, 0.3) is 0 Å². The van der Waals surface area contributed by atoms with Gasteiger partial charge in [-0.3, -0.25) is 0 Å². The first-order valence-corrected chi connectivity index (χ1v) is 10.8. The lowest BCUT2D eigenvalue weighted by molar-refractivity contribution is 0.414. The zero-order valence-corrected chi connectivity index (χ0v) is 16.7. The van der Waals surface area contributed by atoms with E-state index >= 15 is 0 Å². The van der Waals surface area contributed by atoms with Crippen LogP contribution < -0.4 is 14.4 Å². The van der Waals surface area contributed by atoms with Crippen molar-refractivity contribution in [2.75, 3.05) is 25.1 Å². The first-order valence-electron chi connectivity index (χ1n) is 7.75. The van der Waals surface area contributed by atoms with Crippen molar-refractivity contribution in [3.05, 3.63) is 39.0 Å². The Bertz CT molecular complexity index is 830. The highest BCUT2D eigenvalue weighted by atomic mass is 35.5. The largest absolute Gasteiger partial charge is 0.497 e. The van der Waals surface area contributed by atoms with E-state index in [1.54, 1.807) is 7.11 Å². The Morgan fingerprint density at radius 3 is 2.36 bits per heavy atom. The third-order valence-electron chi connectivity index (χ3n) is 4.17. The van der Waals surface area contributed by atoms with Crippen molar-refractivity contribution in [2.45, 2.75) is 23.8 Å². The smallest absolute Gasteiger partial charge is 0.243 e. The van der Waals surface area contributed by atoms with Crippen molar-refractivity contribution in [2.24, 2.45) is 0 Å². The molecule has 0 radical (unpaired) electrons. The predicted molar refractivity (Wildman–Crippen MR) is 103 cm³/mol. The standard InChI is InChI=1S/C16H18Cl2N2O3S2/c1-23-13-4-2-12(3-5-13)20-8-6-11(7-9-20)19-25(21,22)14-10-15(17)24-16(14)18/h2-5,10-11,19H,6-9H2,1H3. The van der Waals surface area contributed by atoms with E-state index in [0.717, 1.165) is 48.7 Å². The molecule has 0 bridgehead atoms. The van der Waals surface area contributed by atoms with Crippen LogP contribution in [0, 0.1) is 0 Å². The van der Waals surface area contributed by atoms with E-state index in [9.17, 15) is 8.42 Å². The molecule has 0 saturated carbocycles. The Hall–Kier alpha value is -0.990. The maximum absolute atomic E-state index is 12.5. The van der Waals surface area contributed by atoms with Gasteiger partial charge in [0.15, 0.2) is 0 Å². The van der Waals surface area contributed by atoms with Gasteiger partial charge in [0.2, 0.25) is 10.0 Å². The number of piperidine rings is 1. The third-order valence-corrected chi connectivity index (χ3v) is 7.44. The summed E-state index contributed by atoms with van der Waals surface area (Å²) >= 11 is 12.9. The maximum Gasteiger partial charge on any atom is 0.243 e. The van der Waals surface area contributed by atoms with Gasteiger partial charge in [-0.05, 0) is 43.2 Å². The predicted octanol–water partition coefficient (Wildman–Crippen LogP) is 4.01. The molecule has 0 amide bonds. The SMILES string of the molecule is COc1ccc(N2CCC(NS(=O)(=O)c3cc(Cl)sc3Cl)CC2)cc1. The van der Waals surface area contributed by atoms with E-state index < -0.39 is 10.0 Å². The van der Waals surface area contributed by atoms with Crippen LogP contribution in [0.2, 0.25) is 8.67 Å². The zero-order valence-electron chi connectivity index (χ0n) is 13.5. The second-order valence-electron chi connectivity index (χ2n) is 5.77. The molecule has 1 aliphatic heterocycles. The van der Waals surface area contributed by atoms with Crippen LogP contribution in [0.5, 0.6) is 5.75 Å². The van der Waals surface area contributed by atoms with Crippen molar-refractivity contribution in [1.29, 1.82) is 0 Å². The molecule has 25 heavy (non-hydrogen) atoms. The van der Waals surface area contributed by atoms with E-state index in [0.29, 0.717) is 4.34 Å². The summed E-state index contributed by atoms with van der Waals surface area (Å²) in [5.41, 5.74) is 1.11. The fourth-order valence-electron chi connectivity index (χ4n) is 2.84. The Balaban J connectivity index is 1.61. The molecule has 0 unspecified atom stereocenters. The molecule has 0 atom stereocenters. The van der Waals surface area contributed by atoms with E-state index in [-0.39, 0.29) is 15.3 Å². The molecule has 1 aromatic heterocycles. The topological polar surface area (TPSA) is 58.6 Å². The van der Waals surface area contributed by atoms with Crippen LogP contribution in [0.4, 0.5) is 5.69 Å². The molecule has 5 nitrogen and oxygen atoms in total. The number of rotatable bonds is 5. The lowest BCUT2D eigenvalue weighted by Crippen LogP contribution is -2.44. The van der Waals surface area contributed by atoms with Crippen LogP contribution in [-0.2, 0) is 10.0 Å². The second-order valence-corrected chi connectivity index (χ2v) is 9.74. The number of thiophene rings is 1. The van der Waals surface area contributed by atoms with Gasteiger partial charge in [-0.15, -0.1) is 11.3 Å². The highest BCUT2D eigenvalue weighted by Crippen LogP contribution is 2.34. The number of sulfonamides is 1. The van der Waals surface area contributed by atoms with Gasteiger partial charge in [-0.2, -0.15) is 0 Å². The minimum atomic E-state index is -3.65. The molecular formula is C16H18Cl2N2O3S2. The van der Waals surface area contributed by atoms with Gasteiger partial charge >= 0.3 is 0 Å². The molecule has 1 aliphatic rings. The molecular weight excluding hydrogens is 403 g/mol. The minimum absolute atomic E-state index is 0.0572. The van der Waals surface area contributed by atoms with E-state index in [4.69, 9.17) is 27.9 Å². The third kappa shape index (κ3) is 4.41. The summed E-state index contributed by atoms with van der Waals surface area (Å²) in [6, 6.07) is 9.14. The number of nitrogens with zero attached hydrogens (tertiary/aromatic N) is 1. The summed E-state index contributed by atoms with van der Waals surface area (Å²) in [5, 5.41) is 0. The zero-order chi connectivity index (χ0) is 18.0. The lowest BCUT2D eigenvalue weighted by atomic mass is 10.1. The number of methoxy groups -OCH3 is 1. The Labute approximate surface area is 161 Å². The first-order chi connectivity index (χ1) is 11.9. The van der Waals surface area contributed by atoms with Crippen LogP contribution in [0.25, 0.3) is 0 Å². The normalized spacial score (nSPS) is 16.2. The van der Waals surface area contributed by atoms with E-state index in [1.807, 2.05) is 24.3 Å². The fourth-order valence-corrected chi connectivity index (χ4v) is 6.29. The molecule has 1 aromatic carbocycles. The van der Waals surface area contributed by atoms with Crippen molar-refractivity contribution in [3.63, 3.8) is 0 Å². The molecule has 1 saturated heterocycles. The number of hydrogen-bond acceptors (Lipinski definition) is 5. The highest BCUT2D eigenvalue weighted by Gasteiger charge is 2.27. The van der Waals surface area contributed by atoms with Gasteiger partial charge in [0.1, 0.15) is 15.0 Å². The Morgan fingerprint density at radius 1 is 1.20 bits per heavy atom. The summed E-state index contributed by atoms with van der Waals surface area (Å²) in [7, 11) is -2.01. The maximum atomic E-state index is 12.5. The van der Waals surface area contributed by atoms with Crippen LogP contribution >= 0.6 is 34.5 Å². The first kappa shape index (κ1) is 18.8. The summed E-state index contributed by atoms with van der Waals surface area (Å²) in [6.45, 7) is 1.55. The van der Waals surface area contributed by atoms with Crippen LogP contribution in [-0.4, -0.2) is 34.7 Å². The van der Waals surface area contributed by atoms with Crippen molar-refractivity contribution in [1.82, 2.24) is 4.72 Å². The van der Waals surface area contributed by atoms with Gasteiger partial charge in [0, 0.05) is 24.8 Å². The number of halogens is 2. The minimum Gasteiger partial charge on any atom is -0.497 e. The molecule has 3 rings (SSSR count). The number of hydrogen-bond donors (Lipinski definition) is 1. The molecule has 0 aliphatic carbocycles. The van der Waals surface area contributed by atoms with Crippen molar-refractivity contribution >= 4 is 50.2 Å². The summed E-state index contributed by atoms with van der Waals surface area (Å²) < 4.78 is 33.4. The van der Waals surface area contributed by atoms with Crippen molar-refractivity contribution < 1.29 is 13.2 Å². The molecule has 136 valence electrons. The number of nitrogens with one attached hydrogen (secondary N) is 1. The average Bonchev–Trinajstić information content (AvgIpc) is 2.95. The Morgan fingerprint density at radius 2 is 1.84 bits per heavy atom. The average molecular weight is 421 g/mol. The Kier molecular flexibility index (Phi) is 5.80. The van der Waals surface area contributed by atoms with Crippen LogP contribution in [0.1, 0.15) is 12.8 Å². The monoisotopic (exact) mass is 420 g/mol. The summed E-state index contributed by atoms with van der Waals surface area (Å²) in [6.07, 6.45) is 1.45. The van der Waals surface area contributed by atoms with E-state index in [2.05, 4.69) is 9.62 Å².